The Hall–Kier alpha value is -3.52. The van der Waals surface area contributed by atoms with E-state index in [2.05, 4.69) is 10.0 Å². The van der Waals surface area contributed by atoms with Crippen molar-refractivity contribution >= 4 is 27.3 Å². The molecule has 33 heavy (non-hydrogen) atoms. The van der Waals surface area contributed by atoms with Crippen LogP contribution in [0.25, 0.3) is 0 Å². The Morgan fingerprint density at radius 2 is 1.55 bits per heavy atom. The van der Waals surface area contributed by atoms with Gasteiger partial charge in [0.15, 0.2) is 6.10 Å². The fourth-order valence-electron chi connectivity index (χ4n) is 3.10. The molecule has 1 unspecified atom stereocenters. The van der Waals surface area contributed by atoms with E-state index in [1.165, 1.54) is 12.1 Å². The third-order valence-corrected chi connectivity index (χ3v) is 6.27. The van der Waals surface area contributed by atoms with Gasteiger partial charge in [0, 0.05) is 11.4 Å². The number of hydrogen-bond donors (Lipinski definition) is 2. The van der Waals surface area contributed by atoms with Crippen molar-refractivity contribution in [1.82, 2.24) is 0 Å². The average molecular weight is 469 g/mol. The van der Waals surface area contributed by atoms with E-state index in [-0.39, 0.29) is 10.8 Å². The standard InChI is InChI=1S/C25H28N2O5S/c1-4-23(32-24-9-7-6-8-18(24)3)25(28)26-19-12-16-22(17-13-19)33(29,30)27-20-10-14-21(15-11-20)31-5-2/h6-17,23,27H,4-5H2,1-3H3,(H,26,28). The highest BCUT2D eigenvalue weighted by Crippen LogP contribution is 2.22. The molecule has 3 aromatic carbocycles. The summed E-state index contributed by atoms with van der Waals surface area (Å²) in [6.45, 7) is 6.19. The van der Waals surface area contributed by atoms with E-state index in [1.54, 1.807) is 36.4 Å². The van der Waals surface area contributed by atoms with E-state index in [0.29, 0.717) is 35.9 Å². The summed E-state index contributed by atoms with van der Waals surface area (Å²) in [5.41, 5.74) is 1.85. The first-order valence-electron chi connectivity index (χ1n) is 10.7. The van der Waals surface area contributed by atoms with Crippen LogP contribution in [0.1, 0.15) is 25.8 Å². The van der Waals surface area contributed by atoms with Gasteiger partial charge in [0.05, 0.1) is 11.5 Å². The molecule has 3 rings (SSSR count). The van der Waals surface area contributed by atoms with Crippen LogP contribution in [-0.2, 0) is 14.8 Å². The first-order valence-corrected chi connectivity index (χ1v) is 12.2. The van der Waals surface area contributed by atoms with Gasteiger partial charge in [0.25, 0.3) is 15.9 Å². The number of ether oxygens (including phenoxy) is 2. The summed E-state index contributed by atoms with van der Waals surface area (Å²) in [7, 11) is -3.78. The number of para-hydroxylation sites is 1. The number of nitrogens with one attached hydrogen (secondary N) is 2. The van der Waals surface area contributed by atoms with Crippen molar-refractivity contribution in [3.8, 4) is 11.5 Å². The summed E-state index contributed by atoms with van der Waals surface area (Å²) in [4.78, 5) is 12.8. The Balaban J connectivity index is 1.64. The molecular formula is C25H28N2O5S. The van der Waals surface area contributed by atoms with Crippen molar-refractivity contribution < 1.29 is 22.7 Å². The van der Waals surface area contributed by atoms with Gasteiger partial charge in [0.2, 0.25) is 0 Å². The summed E-state index contributed by atoms with van der Waals surface area (Å²) in [6, 6.07) is 20.1. The molecular weight excluding hydrogens is 440 g/mol. The van der Waals surface area contributed by atoms with Crippen LogP contribution in [0.15, 0.2) is 77.7 Å². The lowest BCUT2D eigenvalue weighted by Crippen LogP contribution is -2.32. The molecule has 2 N–H and O–H groups in total. The van der Waals surface area contributed by atoms with Crippen molar-refractivity contribution in [1.29, 1.82) is 0 Å². The maximum absolute atomic E-state index is 12.7. The van der Waals surface area contributed by atoms with Gasteiger partial charge in [-0.25, -0.2) is 8.42 Å². The molecule has 3 aromatic rings. The van der Waals surface area contributed by atoms with Crippen LogP contribution in [0.2, 0.25) is 0 Å². The smallest absolute Gasteiger partial charge is 0.265 e. The maximum atomic E-state index is 12.7. The molecule has 0 spiro atoms. The van der Waals surface area contributed by atoms with Crippen LogP contribution in [0.4, 0.5) is 11.4 Å². The largest absolute Gasteiger partial charge is 0.494 e. The Bertz CT molecular complexity index is 1180. The molecule has 1 amide bonds. The second-order valence-electron chi connectivity index (χ2n) is 7.36. The van der Waals surface area contributed by atoms with Gasteiger partial charge in [-0.05, 0) is 80.4 Å². The van der Waals surface area contributed by atoms with E-state index in [0.717, 1.165) is 5.56 Å². The molecule has 8 heteroatoms. The fraction of sp³-hybridized carbons (Fsp3) is 0.240. The first kappa shape index (κ1) is 24.1. The Morgan fingerprint density at radius 1 is 0.909 bits per heavy atom. The van der Waals surface area contributed by atoms with Gasteiger partial charge in [-0.15, -0.1) is 0 Å². The zero-order valence-corrected chi connectivity index (χ0v) is 19.7. The molecule has 0 aromatic heterocycles. The third kappa shape index (κ3) is 6.49. The van der Waals surface area contributed by atoms with Gasteiger partial charge in [-0.2, -0.15) is 0 Å². The predicted molar refractivity (Wildman–Crippen MR) is 129 cm³/mol. The van der Waals surface area contributed by atoms with Crippen molar-refractivity contribution in [2.45, 2.75) is 38.2 Å². The molecule has 0 aliphatic carbocycles. The van der Waals surface area contributed by atoms with Gasteiger partial charge in [-0.1, -0.05) is 25.1 Å². The molecule has 0 saturated carbocycles. The lowest BCUT2D eigenvalue weighted by atomic mass is 10.2. The van der Waals surface area contributed by atoms with E-state index >= 15 is 0 Å². The molecule has 0 saturated heterocycles. The molecule has 0 radical (unpaired) electrons. The zero-order chi connectivity index (χ0) is 23.8. The number of hydrogen-bond acceptors (Lipinski definition) is 5. The van der Waals surface area contributed by atoms with Crippen molar-refractivity contribution in [3.63, 3.8) is 0 Å². The van der Waals surface area contributed by atoms with Crippen LogP contribution in [0, 0.1) is 6.92 Å². The second-order valence-corrected chi connectivity index (χ2v) is 9.04. The van der Waals surface area contributed by atoms with Crippen LogP contribution >= 0.6 is 0 Å². The number of anilines is 2. The van der Waals surface area contributed by atoms with Gasteiger partial charge < -0.3 is 14.8 Å². The van der Waals surface area contributed by atoms with E-state index in [4.69, 9.17) is 9.47 Å². The Labute approximate surface area is 194 Å². The normalized spacial score (nSPS) is 12.0. The Kier molecular flexibility index (Phi) is 7.95. The van der Waals surface area contributed by atoms with Gasteiger partial charge in [0.1, 0.15) is 11.5 Å². The number of carbonyl (C=O) groups excluding carboxylic acids is 1. The molecule has 0 bridgehead atoms. The van der Waals surface area contributed by atoms with Gasteiger partial charge in [-0.3, -0.25) is 9.52 Å². The first-order chi connectivity index (χ1) is 15.8. The maximum Gasteiger partial charge on any atom is 0.265 e. The predicted octanol–water partition coefficient (Wildman–Crippen LogP) is 4.99. The SMILES string of the molecule is CCOc1ccc(NS(=O)(=O)c2ccc(NC(=O)C(CC)Oc3ccccc3C)cc2)cc1. The number of rotatable bonds is 10. The van der Waals surface area contributed by atoms with Crippen molar-refractivity contribution in [2.24, 2.45) is 0 Å². The quantitative estimate of drug-likeness (QED) is 0.437. The highest BCUT2D eigenvalue weighted by atomic mass is 32.2. The van der Waals surface area contributed by atoms with Gasteiger partial charge >= 0.3 is 0 Å². The second kappa shape index (κ2) is 10.9. The monoisotopic (exact) mass is 468 g/mol. The van der Waals surface area contributed by atoms with E-state index < -0.39 is 16.1 Å². The molecule has 0 heterocycles. The summed E-state index contributed by atoms with van der Waals surface area (Å²) < 4.78 is 39.1. The summed E-state index contributed by atoms with van der Waals surface area (Å²) in [5.74, 6) is 1.02. The summed E-state index contributed by atoms with van der Waals surface area (Å²) in [6.07, 6.45) is -0.186. The minimum absolute atomic E-state index is 0.0811. The molecule has 0 aliphatic rings. The summed E-state index contributed by atoms with van der Waals surface area (Å²) >= 11 is 0. The van der Waals surface area contributed by atoms with Crippen LogP contribution in [-0.4, -0.2) is 27.0 Å². The van der Waals surface area contributed by atoms with E-state index in [9.17, 15) is 13.2 Å². The highest BCUT2D eigenvalue weighted by Gasteiger charge is 2.20. The minimum atomic E-state index is -3.78. The molecule has 0 fully saturated rings. The molecule has 1 atom stereocenters. The molecule has 174 valence electrons. The lowest BCUT2D eigenvalue weighted by Gasteiger charge is -2.18. The Morgan fingerprint density at radius 3 is 2.15 bits per heavy atom. The van der Waals surface area contributed by atoms with E-state index in [1.807, 2.05) is 45.0 Å². The molecule has 0 aliphatic heterocycles. The van der Waals surface area contributed by atoms with Crippen molar-refractivity contribution in [3.05, 3.63) is 78.4 Å². The molecule has 7 nitrogen and oxygen atoms in total. The zero-order valence-electron chi connectivity index (χ0n) is 18.9. The highest BCUT2D eigenvalue weighted by molar-refractivity contribution is 7.92. The lowest BCUT2D eigenvalue weighted by molar-refractivity contribution is -0.122. The number of carbonyl (C=O) groups is 1. The number of amides is 1. The number of aryl methyl sites for hydroxylation is 1. The number of benzene rings is 3. The fourth-order valence-corrected chi connectivity index (χ4v) is 4.16. The average Bonchev–Trinajstić information content (AvgIpc) is 2.80. The van der Waals surface area contributed by atoms with Crippen molar-refractivity contribution in [2.75, 3.05) is 16.6 Å². The van der Waals surface area contributed by atoms with Crippen LogP contribution in [0.5, 0.6) is 11.5 Å². The minimum Gasteiger partial charge on any atom is -0.494 e. The van der Waals surface area contributed by atoms with Crippen LogP contribution < -0.4 is 19.5 Å². The third-order valence-electron chi connectivity index (χ3n) is 4.88. The number of sulfonamides is 1. The summed E-state index contributed by atoms with van der Waals surface area (Å²) in [5, 5.41) is 2.79. The topological polar surface area (TPSA) is 93.7 Å². The van der Waals surface area contributed by atoms with Crippen LogP contribution in [0.3, 0.4) is 0 Å².